The Hall–Kier alpha value is -1.84. The van der Waals surface area contributed by atoms with Crippen molar-refractivity contribution in [2.75, 3.05) is 0 Å². The van der Waals surface area contributed by atoms with E-state index in [9.17, 15) is 19.8 Å². The van der Waals surface area contributed by atoms with Crippen LogP contribution < -0.4 is 10.2 Å². The second kappa shape index (κ2) is 12.6. The fourth-order valence-corrected chi connectivity index (χ4v) is 2.41. The minimum atomic E-state index is -1.47. The molecule has 0 radical (unpaired) electrons. The van der Waals surface area contributed by atoms with E-state index in [1.54, 1.807) is 0 Å². The van der Waals surface area contributed by atoms with Crippen molar-refractivity contribution in [3.63, 3.8) is 0 Å². The molecule has 0 saturated carbocycles. The van der Waals surface area contributed by atoms with E-state index < -0.39 is 11.9 Å². The van der Waals surface area contributed by atoms with Gasteiger partial charge >= 0.3 is 0 Å². The maximum Gasteiger partial charge on any atom is 0.0721 e. The number of aliphatic carboxylic acids is 2. The van der Waals surface area contributed by atoms with E-state index in [-0.39, 0.29) is 11.1 Å². The van der Waals surface area contributed by atoms with E-state index in [1.165, 1.54) is 12.2 Å². The number of carbonyl (C=O) groups is 2. The van der Waals surface area contributed by atoms with Gasteiger partial charge in [0.2, 0.25) is 0 Å². The third-order valence-corrected chi connectivity index (χ3v) is 4.04. The normalized spacial score (nSPS) is 13.7. The van der Waals surface area contributed by atoms with E-state index in [4.69, 9.17) is 0 Å². The Morgan fingerprint density at radius 1 is 0.708 bits per heavy atom. The van der Waals surface area contributed by atoms with Crippen LogP contribution in [0.15, 0.2) is 34.4 Å². The Bertz CT molecular complexity index is 464. The molecule has 136 valence electrons. The van der Waals surface area contributed by atoms with E-state index in [1.807, 2.05) is 13.8 Å². The van der Waals surface area contributed by atoms with Crippen molar-refractivity contribution in [1.29, 1.82) is 0 Å². The monoisotopic (exact) mass is 334 g/mol. The second-order valence-electron chi connectivity index (χ2n) is 5.92. The molecule has 0 aromatic rings. The molecule has 24 heavy (non-hydrogen) atoms. The van der Waals surface area contributed by atoms with Crippen molar-refractivity contribution in [1.82, 2.24) is 0 Å². The molecule has 0 fully saturated rings. The van der Waals surface area contributed by atoms with Crippen LogP contribution in [0, 0.1) is 0 Å². The van der Waals surface area contributed by atoms with Crippen molar-refractivity contribution in [3.8, 4) is 0 Å². The van der Waals surface area contributed by atoms with Crippen LogP contribution in [0.2, 0.25) is 0 Å². The average molecular weight is 334 g/mol. The number of rotatable bonds is 12. The van der Waals surface area contributed by atoms with Crippen LogP contribution >= 0.6 is 0 Å². The predicted molar refractivity (Wildman–Crippen MR) is 92.8 cm³/mol. The van der Waals surface area contributed by atoms with Crippen LogP contribution in [-0.4, -0.2) is 11.9 Å². The van der Waals surface area contributed by atoms with Crippen molar-refractivity contribution in [2.24, 2.45) is 0 Å². The molecule has 0 unspecified atom stereocenters. The second-order valence-corrected chi connectivity index (χ2v) is 5.92. The molecule has 0 N–H and O–H groups in total. The number of carbonyl (C=O) groups excluding carboxylic acids is 2. The van der Waals surface area contributed by atoms with Crippen molar-refractivity contribution < 1.29 is 19.8 Å². The largest absolute Gasteiger partial charge is 0.545 e. The molecule has 0 aliphatic rings. The zero-order valence-electron chi connectivity index (χ0n) is 15.4. The lowest BCUT2D eigenvalue weighted by Gasteiger charge is -2.15. The van der Waals surface area contributed by atoms with Gasteiger partial charge in [-0.25, -0.2) is 0 Å². The molecule has 0 aliphatic carbocycles. The summed E-state index contributed by atoms with van der Waals surface area (Å²) in [4.78, 5) is 23.0. The van der Waals surface area contributed by atoms with Crippen LogP contribution in [0.25, 0.3) is 0 Å². The quantitative estimate of drug-likeness (QED) is 0.406. The average Bonchev–Trinajstić information content (AvgIpc) is 2.55. The summed E-state index contributed by atoms with van der Waals surface area (Å²) >= 11 is 0. The third kappa shape index (κ3) is 8.14. The summed E-state index contributed by atoms with van der Waals surface area (Å²) < 4.78 is 0. The Morgan fingerprint density at radius 3 is 1.25 bits per heavy atom. The zero-order valence-corrected chi connectivity index (χ0v) is 15.4. The van der Waals surface area contributed by atoms with Crippen LogP contribution in [0.3, 0.4) is 0 Å². The van der Waals surface area contributed by atoms with Crippen LogP contribution in [-0.2, 0) is 9.59 Å². The number of carboxylic acid groups (broad SMARTS) is 2. The summed E-state index contributed by atoms with van der Waals surface area (Å²) in [5.74, 6) is -2.95. The maximum atomic E-state index is 11.5. The molecule has 0 bridgehead atoms. The number of hydrogen-bond donors (Lipinski definition) is 0. The fraction of sp³-hybridized carbons (Fsp3) is 0.600. The van der Waals surface area contributed by atoms with Crippen LogP contribution in [0.4, 0.5) is 0 Å². The standard InChI is InChI=1S/C20H32O4/c1-5-9-11-15(7-3)13-17(19(21)22)18(20(23)24)14-16(8-4)12-10-6-2/h13-14H,5-12H2,1-4H3,(H,21,22)(H,23,24)/p-2/b15-13+,16-14+,18-17-. The maximum absolute atomic E-state index is 11.5. The number of carboxylic acids is 2. The summed E-state index contributed by atoms with van der Waals surface area (Å²) in [6.07, 6.45) is 9.64. The Labute approximate surface area is 146 Å². The predicted octanol–water partition coefficient (Wildman–Crippen LogP) is 2.84. The SMILES string of the molecule is CCCC/C(=C/C(C(=O)[O-])=C(\C=C(/CC)CCCC)C(=O)[O-])CC. The van der Waals surface area contributed by atoms with Gasteiger partial charge in [0.05, 0.1) is 11.9 Å². The molecule has 0 aliphatic heterocycles. The van der Waals surface area contributed by atoms with Crippen LogP contribution in [0.5, 0.6) is 0 Å². The molecule has 0 atom stereocenters. The lowest BCUT2D eigenvalue weighted by atomic mass is 9.97. The fourth-order valence-electron chi connectivity index (χ4n) is 2.41. The molecule has 0 spiro atoms. The first-order chi connectivity index (χ1) is 11.4. The van der Waals surface area contributed by atoms with Gasteiger partial charge in [-0.3, -0.25) is 0 Å². The molecular weight excluding hydrogens is 304 g/mol. The lowest BCUT2D eigenvalue weighted by Crippen LogP contribution is -2.31. The lowest BCUT2D eigenvalue weighted by molar-refractivity contribution is -0.303. The van der Waals surface area contributed by atoms with Gasteiger partial charge in [0.1, 0.15) is 0 Å². The highest BCUT2D eigenvalue weighted by molar-refractivity contribution is 6.01. The molecule has 0 amide bonds. The van der Waals surface area contributed by atoms with Gasteiger partial charge in [0, 0.05) is 11.1 Å². The first-order valence-electron chi connectivity index (χ1n) is 8.96. The van der Waals surface area contributed by atoms with Gasteiger partial charge in [-0.2, -0.15) is 0 Å². The van der Waals surface area contributed by atoms with Gasteiger partial charge in [-0.15, -0.1) is 0 Å². The van der Waals surface area contributed by atoms with Gasteiger partial charge < -0.3 is 19.8 Å². The number of unbranched alkanes of at least 4 members (excludes halogenated alkanes) is 2. The Balaban J connectivity index is 5.98. The van der Waals surface area contributed by atoms with Crippen molar-refractivity contribution in [3.05, 3.63) is 34.4 Å². The van der Waals surface area contributed by atoms with E-state index >= 15 is 0 Å². The highest BCUT2D eigenvalue weighted by Gasteiger charge is 2.08. The Morgan fingerprint density at radius 2 is 1.04 bits per heavy atom. The summed E-state index contributed by atoms with van der Waals surface area (Å²) in [7, 11) is 0. The minimum Gasteiger partial charge on any atom is -0.545 e. The smallest absolute Gasteiger partial charge is 0.0721 e. The molecule has 0 aromatic carbocycles. The van der Waals surface area contributed by atoms with Crippen molar-refractivity contribution >= 4 is 11.9 Å². The van der Waals surface area contributed by atoms with E-state index in [0.29, 0.717) is 12.8 Å². The minimum absolute atomic E-state index is 0.287. The first-order valence-corrected chi connectivity index (χ1v) is 8.96. The van der Waals surface area contributed by atoms with Gasteiger partial charge in [0.25, 0.3) is 0 Å². The summed E-state index contributed by atoms with van der Waals surface area (Å²) in [5.41, 5.74) is 1.25. The van der Waals surface area contributed by atoms with Crippen LogP contribution in [0.1, 0.15) is 79.1 Å². The molecule has 0 aromatic heterocycles. The highest BCUT2D eigenvalue weighted by Crippen LogP contribution is 2.20. The molecular formula is C20H30O4-2. The van der Waals surface area contributed by atoms with Gasteiger partial charge in [-0.05, 0) is 38.5 Å². The van der Waals surface area contributed by atoms with Crippen molar-refractivity contribution in [2.45, 2.75) is 79.1 Å². The Kier molecular flexibility index (Phi) is 11.6. The molecule has 0 heterocycles. The third-order valence-electron chi connectivity index (χ3n) is 4.04. The molecule has 4 nitrogen and oxygen atoms in total. The molecule has 0 rings (SSSR count). The highest BCUT2D eigenvalue weighted by atomic mass is 16.4. The topological polar surface area (TPSA) is 80.3 Å². The summed E-state index contributed by atoms with van der Waals surface area (Å²) in [6, 6.07) is 0. The van der Waals surface area contributed by atoms with E-state index in [0.717, 1.165) is 49.7 Å². The summed E-state index contributed by atoms with van der Waals surface area (Å²) in [6.45, 7) is 7.97. The molecule has 0 saturated heterocycles. The van der Waals surface area contributed by atoms with E-state index in [2.05, 4.69) is 13.8 Å². The number of allylic oxidation sites excluding steroid dienone is 2. The van der Waals surface area contributed by atoms with Gasteiger partial charge in [0.15, 0.2) is 0 Å². The summed E-state index contributed by atoms with van der Waals surface area (Å²) in [5, 5.41) is 23.0. The van der Waals surface area contributed by atoms with Gasteiger partial charge in [-0.1, -0.05) is 63.8 Å². The molecule has 4 heteroatoms. The zero-order chi connectivity index (χ0) is 18.5. The number of hydrogen-bond acceptors (Lipinski definition) is 4. The first kappa shape index (κ1) is 22.2.